The van der Waals surface area contributed by atoms with Gasteiger partial charge in [-0.3, -0.25) is 14.3 Å². The largest absolute Gasteiger partial charge is 0.480 e. The number of hydrogen-bond acceptors (Lipinski definition) is 8. The lowest BCUT2D eigenvalue weighted by Crippen LogP contribution is -2.21. The van der Waals surface area contributed by atoms with Gasteiger partial charge >= 0.3 is 0 Å². The number of amides is 1. The van der Waals surface area contributed by atoms with Crippen molar-refractivity contribution in [1.29, 1.82) is 0 Å². The van der Waals surface area contributed by atoms with Crippen molar-refractivity contribution >= 4 is 50.6 Å². The van der Waals surface area contributed by atoms with Gasteiger partial charge in [-0.15, -0.1) is 10.2 Å². The van der Waals surface area contributed by atoms with Gasteiger partial charge in [-0.2, -0.15) is 9.78 Å². The molecule has 0 saturated carbocycles. The van der Waals surface area contributed by atoms with E-state index in [1.54, 1.807) is 0 Å². The van der Waals surface area contributed by atoms with E-state index in [0.29, 0.717) is 16.9 Å². The zero-order valence-corrected chi connectivity index (χ0v) is 20.7. The molecule has 11 nitrogen and oxygen atoms in total. The van der Waals surface area contributed by atoms with Crippen molar-refractivity contribution in [1.82, 2.24) is 20.0 Å². The Morgan fingerprint density at radius 1 is 0.972 bits per heavy atom. The molecule has 36 heavy (non-hydrogen) atoms. The average Bonchev–Trinajstić information content (AvgIpc) is 2.88. The molecule has 0 fully saturated rings. The maximum Gasteiger partial charge on any atom is 0.291 e. The Hall–Kier alpha value is -4.00. The summed E-state index contributed by atoms with van der Waals surface area (Å²) < 4.78 is 33.4. The standard InChI is InChI=1S/C22H16Cl2N6O5S/c1-35-19-11-10-18(27-28-19)29-36(33,34)16-8-4-14(5-9-16)26-21(31)13-2-6-15(7-3-13)30-22(32)20(24)17(23)12-25-30/h2-12H,1H3,(H,26,31)(H,27,29). The van der Waals surface area contributed by atoms with Gasteiger partial charge in [-0.25, -0.2) is 8.42 Å². The molecule has 0 bridgehead atoms. The molecule has 14 heteroatoms. The predicted molar refractivity (Wildman–Crippen MR) is 134 cm³/mol. The van der Waals surface area contributed by atoms with Crippen molar-refractivity contribution in [2.45, 2.75) is 4.90 Å². The number of aromatic nitrogens is 4. The van der Waals surface area contributed by atoms with Crippen LogP contribution >= 0.6 is 23.2 Å². The third-order valence-corrected chi connectivity index (χ3v) is 6.88. The van der Waals surface area contributed by atoms with E-state index in [1.807, 2.05) is 0 Å². The molecular weight excluding hydrogens is 531 g/mol. The number of halogens is 2. The van der Waals surface area contributed by atoms with Gasteiger partial charge in [0.05, 0.1) is 28.9 Å². The monoisotopic (exact) mass is 546 g/mol. The van der Waals surface area contributed by atoms with E-state index < -0.39 is 21.5 Å². The summed E-state index contributed by atoms with van der Waals surface area (Å²) in [7, 11) is -2.51. The second-order valence-corrected chi connectivity index (χ2v) is 9.58. The first-order valence-corrected chi connectivity index (χ1v) is 12.3. The second-order valence-electron chi connectivity index (χ2n) is 7.12. The van der Waals surface area contributed by atoms with E-state index in [-0.39, 0.29) is 26.6 Å². The van der Waals surface area contributed by atoms with Gasteiger partial charge in [-0.05, 0) is 54.6 Å². The molecule has 0 aliphatic heterocycles. The summed E-state index contributed by atoms with van der Waals surface area (Å²) in [6.45, 7) is 0. The molecule has 4 rings (SSSR count). The number of nitrogens with one attached hydrogen (secondary N) is 2. The molecule has 184 valence electrons. The van der Waals surface area contributed by atoms with Gasteiger partial charge in [0.2, 0.25) is 5.88 Å². The normalized spacial score (nSPS) is 11.1. The summed E-state index contributed by atoms with van der Waals surface area (Å²) in [5.41, 5.74) is 0.460. The van der Waals surface area contributed by atoms with Crippen molar-refractivity contribution in [3.63, 3.8) is 0 Å². The Morgan fingerprint density at radius 2 is 1.67 bits per heavy atom. The van der Waals surface area contributed by atoms with Crippen LogP contribution in [0, 0.1) is 0 Å². The predicted octanol–water partition coefficient (Wildman–Crippen LogP) is 3.39. The molecule has 2 N–H and O–H groups in total. The van der Waals surface area contributed by atoms with Crippen LogP contribution in [0.15, 0.2) is 76.6 Å². The summed E-state index contributed by atoms with van der Waals surface area (Å²) >= 11 is 11.7. The van der Waals surface area contributed by atoms with E-state index in [0.717, 1.165) is 4.68 Å². The highest BCUT2D eigenvalue weighted by molar-refractivity contribution is 7.92. The minimum atomic E-state index is -3.93. The number of carbonyl (C=O) groups excluding carboxylic acids is 1. The molecule has 2 aromatic heterocycles. The van der Waals surface area contributed by atoms with E-state index in [1.165, 1.54) is 74.0 Å². The number of ether oxygens (including phenoxy) is 1. The fraction of sp³-hybridized carbons (Fsp3) is 0.0455. The quantitative estimate of drug-likeness (QED) is 0.358. The minimum Gasteiger partial charge on any atom is -0.480 e. The average molecular weight is 547 g/mol. The number of rotatable bonds is 7. The lowest BCUT2D eigenvalue weighted by atomic mass is 10.2. The Balaban J connectivity index is 1.44. The number of benzene rings is 2. The number of sulfonamides is 1. The minimum absolute atomic E-state index is 0.0231. The van der Waals surface area contributed by atoms with Crippen LogP contribution in [0.5, 0.6) is 5.88 Å². The number of hydrogen-bond donors (Lipinski definition) is 2. The van der Waals surface area contributed by atoms with Gasteiger partial charge < -0.3 is 10.1 Å². The zero-order chi connectivity index (χ0) is 25.9. The molecule has 2 heterocycles. The van der Waals surface area contributed by atoms with E-state index in [2.05, 4.69) is 25.3 Å². The highest BCUT2D eigenvalue weighted by Crippen LogP contribution is 2.19. The zero-order valence-electron chi connectivity index (χ0n) is 18.3. The van der Waals surface area contributed by atoms with Crippen LogP contribution in [-0.4, -0.2) is 41.4 Å². The number of carbonyl (C=O) groups is 1. The van der Waals surface area contributed by atoms with Crippen LogP contribution in [0.25, 0.3) is 5.69 Å². The van der Waals surface area contributed by atoms with Crippen LogP contribution < -0.4 is 20.3 Å². The molecule has 1 amide bonds. The Kier molecular flexibility index (Phi) is 7.20. The summed E-state index contributed by atoms with van der Waals surface area (Å²) in [5, 5.41) is 13.9. The third kappa shape index (κ3) is 5.46. The first kappa shape index (κ1) is 25.1. The highest BCUT2D eigenvalue weighted by atomic mass is 35.5. The SMILES string of the molecule is COc1ccc(NS(=O)(=O)c2ccc(NC(=O)c3ccc(-n4ncc(Cl)c(Cl)c4=O)cc3)cc2)nn1. The molecular formula is C22H16Cl2N6O5S. The van der Waals surface area contributed by atoms with Crippen molar-refractivity contribution in [2.75, 3.05) is 17.1 Å². The Bertz CT molecular complexity index is 1580. The van der Waals surface area contributed by atoms with Crippen molar-refractivity contribution in [3.8, 4) is 11.6 Å². The molecule has 4 aromatic rings. The fourth-order valence-electron chi connectivity index (χ4n) is 2.95. The molecule has 0 unspecified atom stereocenters. The third-order valence-electron chi connectivity index (χ3n) is 4.76. The van der Waals surface area contributed by atoms with Gasteiger partial charge in [-0.1, -0.05) is 23.2 Å². The van der Waals surface area contributed by atoms with Crippen LogP contribution in [0.4, 0.5) is 11.5 Å². The van der Waals surface area contributed by atoms with E-state index in [4.69, 9.17) is 27.9 Å². The topological polar surface area (TPSA) is 145 Å². The van der Waals surface area contributed by atoms with Gasteiger partial charge in [0, 0.05) is 17.3 Å². The smallest absolute Gasteiger partial charge is 0.291 e. The molecule has 0 radical (unpaired) electrons. The summed E-state index contributed by atoms with van der Waals surface area (Å²) in [5.74, 6) is -0.180. The molecule has 0 atom stereocenters. The Morgan fingerprint density at radius 3 is 2.28 bits per heavy atom. The maximum absolute atomic E-state index is 12.6. The number of anilines is 2. The number of methoxy groups -OCH3 is 1. The molecule has 0 saturated heterocycles. The van der Waals surface area contributed by atoms with E-state index in [9.17, 15) is 18.0 Å². The van der Waals surface area contributed by atoms with Crippen molar-refractivity contribution in [3.05, 3.63) is 92.8 Å². The van der Waals surface area contributed by atoms with E-state index >= 15 is 0 Å². The first-order valence-electron chi connectivity index (χ1n) is 10.0. The summed E-state index contributed by atoms with van der Waals surface area (Å²) in [6, 6.07) is 14.5. The summed E-state index contributed by atoms with van der Waals surface area (Å²) in [6.07, 6.45) is 1.25. The summed E-state index contributed by atoms with van der Waals surface area (Å²) in [4.78, 5) is 24.8. The maximum atomic E-state index is 12.6. The van der Waals surface area contributed by atoms with Crippen molar-refractivity contribution < 1.29 is 17.9 Å². The van der Waals surface area contributed by atoms with Gasteiger partial charge in [0.1, 0.15) is 5.02 Å². The number of nitrogens with zero attached hydrogens (tertiary/aromatic N) is 4. The first-order chi connectivity index (χ1) is 17.2. The molecule has 0 aliphatic carbocycles. The Labute approximate surface area is 214 Å². The van der Waals surface area contributed by atoms with Crippen LogP contribution in [0.2, 0.25) is 10.0 Å². The van der Waals surface area contributed by atoms with Crippen LogP contribution in [0.1, 0.15) is 10.4 Å². The van der Waals surface area contributed by atoms with Crippen molar-refractivity contribution in [2.24, 2.45) is 0 Å². The highest BCUT2D eigenvalue weighted by Gasteiger charge is 2.16. The fourth-order valence-corrected chi connectivity index (χ4v) is 4.20. The lowest BCUT2D eigenvalue weighted by molar-refractivity contribution is 0.102. The van der Waals surface area contributed by atoms with Crippen LogP contribution in [-0.2, 0) is 10.0 Å². The lowest BCUT2D eigenvalue weighted by Gasteiger charge is -2.10. The molecule has 0 aliphatic rings. The van der Waals surface area contributed by atoms with Gasteiger partial charge in [0.25, 0.3) is 21.5 Å². The molecule has 0 spiro atoms. The van der Waals surface area contributed by atoms with Gasteiger partial charge in [0.15, 0.2) is 5.82 Å². The molecule has 2 aromatic carbocycles. The van der Waals surface area contributed by atoms with Crippen LogP contribution in [0.3, 0.4) is 0 Å². The second kappa shape index (κ2) is 10.3.